The fraction of sp³-hybridized carbons (Fsp3) is 0.907. The lowest BCUT2D eigenvalue weighted by Crippen LogP contribution is -2.30. The molecule has 0 heterocycles. The van der Waals surface area contributed by atoms with Crippen molar-refractivity contribution in [3.8, 4) is 0 Å². The van der Waals surface area contributed by atoms with E-state index in [9.17, 15) is 14.4 Å². The van der Waals surface area contributed by atoms with Crippen LogP contribution in [0.25, 0.3) is 0 Å². The van der Waals surface area contributed by atoms with E-state index in [1.54, 1.807) is 0 Å². The van der Waals surface area contributed by atoms with Gasteiger partial charge in [0.15, 0.2) is 6.10 Å². The molecule has 0 fully saturated rings. The van der Waals surface area contributed by atoms with Gasteiger partial charge in [0.2, 0.25) is 0 Å². The fourth-order valence-electron chi connectivity index (χ4n) is 11.4. The van der Waals surface area contributed by atoms with Crippen molar-refractivity contribution in [3.05, 3.63) is 24.3 Å². The molecule has 478 valence electrons. The number of hydrogen-bond acceptors (Lipinski definition) is 6. The smallest absolute Gasteiger partial charge is 0.306 e. The Labute approximate surface area is 506 Å². The summed E-state index contributed by atoms with van der Waals surface area (Å²) in [6, 6.07) is 0. The summed E-state index contributed by atoms with van der Waals surface area (Å²) in [5, 5.41) is 0. The Hall–Kier alpha value is -2.11. The Morgan fingerprint density at radius 1 is 0.235 bits per heavy atom. The molecule has 0 saturated carbocycles. The molecule has 0 rings (SSSR count). The van der Waals surface area contributed by atoms with E-state index in [0.29, 0.717) is 19.3 Å². The van der Waals surface area contributed by atoms with E-state index in [0.717, 1.165) is 64.2 Å². The standard InChI is InChI=1S/C75H142O6/c1-4-7-10-13-16-19-22-25-27-29-31-33-35-37-39-41-43-45-47-50-53-56-59-62-65-68-74(77)80-71-72(70-79-73(76)67-64-61-58-55-52-49-24-21-18-15-12-9-6-3)81-75(78)69-66-63-60-57-54-51-48-46-44-42-40-38-36-34-32-30-28-26-23-20-17-14-11-8-5-2/h21,24,29,31,72H,4-20,22-23,25-28,30,32-71H2,1-3H3/b24-21-,31-29-. The van der Waals surface area contributed by atoms with Gasteiger partial charge in [-0.2, -0.15) is 0 Å². The molecule has 0 aromatic carbocycles. The Kier molecular flexibility index (Phi) is 68.5. The molecule has 0 aliphatic heterocycles. The maximum absolute atomic E-state index is 13.0. The van der Waals surface area contributed by atoms with E-state index >= 15 is 0 Å². The molecule has 0 aliphatic carbocycles. The van der Waals surface area contributed by atoms with Gasteiger partial charge in [0.25, 0.3) is 0 Å². The first-order valence-electron chi connectivity index (χ1n) is 36.8. The number of esters is 3. The number of ether oxygens (including phenoxy) is 3. The largest absolute Gasteiger partial charge is 0.462 e. The molecule has 0 N–H and O–H groups in total. The van der Waals surface area contributed by atoms with Crippen LogP contribution in [0.1, 0.15) is 419 Å². The predicted octanol–water partition coefficient (Wildman–Crippen LogP) is 25.3. The second-order valence-electron chi connectivity index (χ2n) is 25.2. The van der Waals surface area contributed by atoms with Gasteiger partial charge in [-0.15, -0.1) is 0 Å². The van der Waals surface area contributed by atoms with Gasteiger partial charge < -0.3 is 14.2 Å². The van der Waals surface area contributed by atoms with Gasteiger partial charge in [0.05, 0.1) is 0 Å². The molecule has 0 aliphatic rings. The minimum atomic E-state index is -0.772. The zero-order valence-electron chi connectivity index (χ0n) is 55.1. The summed E-state index contributed by atoms with van der Waals surface area (Å²) in [4.78, 5) is 38.5. The molecule has 0 bridgehead atoms. The quantitative estimate of drug-likeness (QED) is 0.0261. The van der Waals surface area contributed by atoms with Crippen molar-refractivity contribution in [3.63, 3.8) is 0 Å². The molecular formula is C75H142O6. The molecule has 81 heavy (non-hydrogen) atoms. The summed E-state index contributed by atoms with van der Waals surface area (Å²) in [5.41, 5.74) is 0. The molecule has 0 spiro atoms. The monoisotopic (exact) mass is 1140 g/mol. The molecule has 0 aromatic heterocycles. The maximum atomic E-state index is 13.0. The third-order valence-electron chi connectivity index (χ3n) is 16.9. The molecular weight excluding hydrogens is 997 g/mol. The molecule has 0 amide bonds. The summed E-state index contributed by atoms with van der Waals surface area (Å²) >= 11 is 0. The van der Waals surface area contributed by atoms with Crippen LogP contribution < -0.4 is 0 Å². The molecule has 6 heteroatoms. The van der Waals surface area contributed by atoms with Crippen LogP contribution in [0.5, 0.6) is 0 Å². The summed E-state index contributed by atoms with van der Waals surface area (Å²) < 4.78 is 17.0. The van der Waals surface area contributed by atoms with Gasteiger partial charge in [-0.25, -0.2) is 0 Å². The third-order valence-corrected chi connectivity index (χ3v) is 16.9. The first kappa shape index (κ1) is 78.9. The molecule has 1 unspecified atom stereocenters. The van der Waals surface area contributed by atoms with Crippen molar-refractivity contribution in [2.45, 2.75) is 425 Å². The topological polar surface area (TPSA) is 78.9 Å². The van der Waals surface area contributed by atoms with E-state index < -0.39 is 6.10 Å². The van der Waals surface area contributed by atoms with Crippen LogP contribution in [-0.4, -0.2) is 37.2 Å². The lowest BCUT2D eigenvalue weighted by atomic mass is 10.0. The Morgan fingerprint density at radius 2 is 0.407 bits per heavy atom. The number of unbranched alkanes of at least 4 members (excludes halogenated alkanes) is 54. The summed E-state index contributed by atoms with van der Waals surface area (Å²) in [6.07, 6.45) is 86.5. The van der Waals surface area contributed by atoms with Crippen molar-refractivity contribution in [1.82, 2.24) is 0 Å². The second-order valence-corrected chi connectivity index (χ2v) is 25.2. The van der Waals surface area contributed by atoms with Gasteiger partial charge in [-0.1, -0.05) is 353 Å². The van der Waals surface area contributed by atoms with Crippen LogP contribution in [0.2, 0.25) is 0 Å². The predicted molar refractivity (Wildman–Crippen MR) is 353 cm³/mol. The second kappa shape index (κ2) is 70.4. The van der Waals surface area contributed by atoms with Crippen molar-refractivity contribution in [2.75, 3.05) is 13.2 Å². The zero-order valence-corrected chi connectivity index (χ0v) is 55.1. The van der Waals surface area contributed by atoms with E-state index in [4.69, 9.17) is 14.2 Å². The van der Waals surface area contributed by atoms with Gasteiger partial charge in [-0.3, -0.25) is 14.4 Å². The van der Waals surface area contributed by atoms with Crippen LogP contribution in [0.4, 0.5) is 0 Å². The minimum absolute atomic E-state index is 0.0682. The lowest BCUT2D eigenvalue weighted by Gasteiger charge is -2.18. The van der Waals surface area contributed by atoms with Crippen LogP contribution in [0, 0.1) is 0 Å². The maximum Gasteiger partial charge on any atom is 0.306 e. The van der Waals surface area contributed by atoms with Crippen molar-refractivity contribution < 1.29 is 28.6 Å². The Bertz CT molecular complexity index is 1310. The van der Waals surface area contributed by atoms with E-state index in [1.807, 2.05) is 0 Å². The Balaban J connectivity index is 4.20. The Morgan fingerprint density at radius 3 is 0.630 bits per heavy atom. The van der Waals surface area contributed by atoms with Crippen LogP contribution in [0.15, 0.2) is 24.3 Å². The number of carbonyl (C=O) groups is 3. The van der Waals surface area contributed by atoms with Crippen LogP contribution >= 0.6 is 0 Å². The summed E-state index contributed by atoms with van der Waals surface area (Å²) in [6.45, 7) is 6.70. The molecule has 0 aromatic rings. The van der Waals surface area contributed by atoms with Crippen LogP contribution in [-0.2, 0) is 28.6 Å². The minimum Gasteiger partial charge on any atom is -0.462 e. The van der Waals surface area contributed by atoms with Gasteiger partial charge in [0.1, 0.15) is 13.2 Å². The normalized spacial score (nSPS) is 12.1. The highest BCUT2D eigenvalue weighted by atomic mass is 16.6. The first-order chi connectivity index (χ1) is 40.0. The number of allylic oxidation sites excluding steroid dienone is 4. The molecule has 0 radical (unpaired) electrons. The van der Waals surface area contributed by atoms with E-state index in [-0.39, 0.29) is 31.1 Å². The van der Waals surface area contributed by atoms with Crippen LogP contribution in [0.3, 0.4) is 0 Å². The highest BCUT2D eigenvalue weighted by molar-refractivity contribution is 5.71. The number of rotatable bonds is 69. The van der Waals surface area contributed by atoms with Crippen molar-refractivity contribution >= 4 is 17.9 Å². The fourth-order valence-corrected chi connectivity index (χ4v) is 11.4. The summed E-state index contributed by atoms with van der Waals surface area (Å²) in [7, 11) is 0. The first-order valence-corrected chi connectivity index (χ1v) is 36.8. The lowest BCUT2D eigenvalue weighted by molar-refractivity contribution is -0.167. The van der Waals surface area contributed by atoms with E-state index in [1.165, 1.54) is 315 Å². The molecule has 0 saturated heterocycles. The van der Waals surface area contributed by atoms with Gasteiger partial charge >= 0.3 is 17.9 Å². The number of carbonyl (C=O) groups excluding carboxylic acids is 3. The number of hydrogen-bond donors (Lipinski definition) is 0. The average Bonchev–Trinajstić information content (AvgIpc) is 3.46. The molecule has 1 atom stereocenters. The van der Waals surface area contributed by atoms with Gasteiger partial charge in [0, 0.05) is 19.3 Å². The highest BCUT2D eigenvalue weighted by Crippen LogP contribution is 2.19. The molecule has 6 nitrogen and oxygen atoms in total. The van der Waals surface area contributed by atoms with E-state index in [2.05, 4.69) is 45.1 Å². The average molecular weight is 1140 g/mol. The van der Waals surface area contributed by atoms with Gasteiger partial charge in [-0.05, 0) is 70.6 Å². The zero-order chi connectivity index (χ0) is 58.5. The SMILES string of the molecule is CCCCCC/C=C\CCCCCCCC(=O)OCC(COC(=O)CCCCCCCCCCCCCCC/C=C\CCCCCCCCCC)OC(=O)CCCCCCCCCCCCCCCCCCCCCCCCCCC. The highest BCUT2D eigenvalue weighted by Gasteiger charge is 2.19. The third kappa shape index (κ3) is 68.6. The van der Waals surface area contributed by atoms with Crippen molar-refractivity contribution in [2.24, 2.45) is 0 Å². The summed E-state index contributed by atoms with van der Waals surface area (Å²) in [5.74, 6) is -0.844. The van der Waals surface area contributed by atoms with Crippen molar-refractivity contribution in [1.29, 1.82) is 0 Å².